The quantitative estimate of drug-likeness (QED) is 0.662. The molecule has 0 amide bonds. The summed E-state index contributed by atoms with van der Waals surface area (Å²) in [4.78, 5) is 12.5. The lowest BCUT2D eigenvalue weighted by Gasteiger charge is -2.56. The van der Waals surface area contributed by atoms with Crippen LogP contribution in [-0.4, -0.2) is 19.0 Å². The fourth-order valence-electron chi connectivity index (χ4n) is 6.78. The molecule has 3 heteroatoms. The highest BCUT2D eigenvalue weighted by Crippen LogP contribution is 2.64. The number of ether oxygens (including phenoxy) is 2. The normalized spacial score (nSPS) is 46.8. The highest BCUT2D eigenvalue weighted by molar-refractivity contribution is 5.87. The van der Waals surface area contributed by atoms with Crippen molar-refractivity contribution in [2.45, 2.75) is 58.8 Å². The average Bonchev–Trinajstić information content (AvgIpc) is 2.90. The van der Waals surface area contributed by atoms with Crippen LogP contribution in [0.5, 0.6) is 0 Å². The molecule has 0 aromatic carbocycles. The van der Waals surface area contributed by atoms with Crippen LogP contribution >= 0.6 is 0 Å². The summed E-state index contributed by atoms with van der Waals surface area (Å²) >= 11 is 0. The molecule has 0 N–H and O–H groups in total. The summed E-state index contributed by atoms with van der Waals surface area (Å²) in [7, 11) is 0. The number of Topliss-reactive ketones (excluding diaryl/α,β-unsaturated/α-hetero) is 1. The van der Waals surface area contributed by atoms with Gasteiger partial charge >= 0.3 is 0 Å². The van der Waals surface area contributed by atoms with Crippen LogP contribution in [0.3, 0.4) is 0 Å². The highest BCUT2D eigenvalue weighted by Gasteiger charge is 2.59. The van der Waals surface area contributed by atoms with Crippen LogP contribution in [0.4, 0.5) is 0 Å². The monoisotopic (exact) mass is 328 g/mol. The molecule has 0 aromatic rings. The van der Waals surface area contributed by atoms with Crippen molar-refractivity contribution < 1.29 is 14.3 Å². The van der Waals surface area contributed by atoms with Gasteiger partial charge in [-0.3, -0.25) is 4.79 Å². The molecule has 0 saturated heterocycles. The van der Waals surface area contributed by atoms with Crippen molar-refractivity contribution >= 4 is 5.78 Å². The molecule has 1 aliphatic heterocycles. The lowest BCUT2D eigenvalue weighted by molar-refractivity contribution is -0.131. The summed E-state index contributed by atoms with van der Waals surface area (Å²) < 4.78 is 11.9. The lowest BCUT2D eigenvalue weighted by Crippen LogP contribution is -2.50. The molecule has 3 nitrogen and oxygen atoms in total. The molecule has 2 saturated carbocycles. The van der Waals surface area contributed by atoms with Gasteiger partial charge in [0.15, 0.2) is 5.76 Å². The zero-order chi connectivity index (χ0) is 16.5. The zero-order valence-corrected chi connectivity index (χ0v) is 14.9. The van der Waals surface area contributed by atoms with Gasteiger partial charge in [-0.25, -0.2) is 0 Å². The first kappa shape index (κ1) is 15.0. The Balaban J connectivity index is 1.55. The Morgan fingerprint density at radius 2 is 1.79 bits per heavy atom. The van der Waals surface area contributed by atoms with Gasteiger partial charge in [0.25, 0.3) is 0 Å². The molecule has 1 heterocycles. The minimum atomic E-state index is -0.0353. The van der Waals surface area contributed by atoms with Crippen LogP contribution in [-0.2, 0) is 14.3 Å². The maximum atomic E-state index is 12.5. The maximum Gasteiger partial charge on any atom is 0.160 e. The summed E-state index contributed by atoms with van der Waals surface area (Å²) in [5, 5.41) is 0. The van der Waals surface area contributed by atoms with Gasteiger partial charge in [0.1, 0.15) is 24.8 Å². The lowest BCUT2D eigenvalue weighted by atomic mass is 9.48. The van der Waals surface area contributed by atoms with Gasteiger partial charge in [0.2, 0.25) is 0 Å². The number of hydrogen-bond acceptors (Lipinski definition) is 3. The van der Waals surface area contributed by atoms with Gasteiger partial charge in [-0.15, -0.1) is 0 Å². The predicted molar refractivity (Wildman–Crippen MR) is 91.0 cm³/mol. The van der Waals surface area contributed by atoms with Crippen LogP contribution in [0.25, 0.3) is 0 Å². The van der Waals surface area contributed by atoms with Gasteiger partial charge in [0, 0.05) is 18.3 Å². The molecule has 0 spiro atoms. The van der Waals surface area contributed by atoms with E-state index in [0.29, 0.717) is 36.8 Å². The summed E-state index contributed by atoms with van der Waals surface area (Å²) in [5.74, 6) is 4.64. The summed E-state index contributed by atoms with van der Waals surface area (Å²) in [6.07, 6.45) is 9.94. The van der Waals surface area contributed by atoms with E-state index in [2.05, 4.69) is 19.9 Å². The molecule has 5 atom stereocenters. The predicted octanol–water partition coefficient (Wildman–Crippen LogP) is 4.39. The first-order valence-corrected chi connectivity index (χ1v) is 9.77. The van der Waals surface area contributed by atoms with E-state index in [9.17, 15) is 4.79 Å². The number of carbonyl (C=O) groups is 1. The Bertz CT molecular complexity index is 660. The molecule has 0 bridgehead atoms. The molecule has 4 aliphatic carbocycles. The first-order valence-electron chi connectivity index (χ1n) is 9.77. The largest absolute Gasteiger partial charge is 0.491 e. The zero-order valence-electron chi connectivity index (χ0n) is 14.9. The average molecular weight is 328 g/mol. The van der Waals surface area contributed by atoms with Gasteiger partial charge in [0.05, 0.1) is 0 Å². The number of allylic oxidation sites excluding steroid dienone is 3. The summed E-state index contributed by atoms with van der Waals surface area (Å²) in [6, 6.07) is 0. The minimum absolute atomic E-state index is 0.0353. The molecule has 0 aromatic heterocycles. The number of fused-ring (bicyclic) bond motifs is 6. The van der Waals surface area contributed by atoms with Crippen LogP contribution in [0.1, 0.15) is 58.8 Å². The Labute approximate surface area is 144 Å². The van der Waals surface area contributed by atoms with E-state index in [0.717, 1.165) is 43.6 Å². The Hall–Kier alpha value is -1.25. The molecule has 24 heavy (non-hydrogen) atoms. The topological polar surface area (TPSA) is 35.5 Å². The molecular formula is C21H28O3. The van der Waals surface area contributed by atoms with Gasteiger partial charge in [-0.05, 0) is 60.8 Å². The van der Waals surface area contributed by atoms with Crippen LogP contribution in [0.15, 0.2) is 23.2 Å². The molecule has 0 radical (unpaired) electrons. The third-order valence-electron chi connectivity index (χ3n) is 8.15. The second-order valence-electron chi connectivity index (χ2n) is 9.02. The molecule has 5 aliphatic rings. The molecule has 5 rings (SSSR count). The van der Waals surface area contributed by atoms with E-state index in [1.54, 1.807) is 0 Å². The van der Waals surface area contributed by atoms with Crippen molar-refractivity contribution in [3.63, 3.8) is 0 Å². The van der Waals surface area contributed by atoms with Crippen molar-refractivity contribution in [3.05, 3.63) is 23.2 Å². The van der Waals surface area contributed by atoms with Crippen molar-refractivity contribution in [1.82, 2.24) is 0 Å². The maximum absolute atomic E-state index is 12.5. The van der Waals surface area contributed by atoms with Crippen LogP contribution in [0.2, 0.25) is 0 Å². The van der Waals surface area contributed by atoms with Gasteiger partial charge < -0.3 is 9.47 Å². The second-order valence-corrected chi connectivity index (χ2v) is 9.02. The Kier molecular flexibility index (Phi) is 3.07. The minimum Gasteiger partial charge on any atom is -0.491 e. The third-order valence-corrected chi connectivity index (χ3v) is 8.15. The second kappa shape index (κ2) is 4.89. The van der Waals surface area contributed by atoms with E-state index in [4.69, 9.17) is 9.47 Å². The number of rotatable bonds is 0. The van der Waals surface area contributed by atoms with Crippen molar-refractivity contribution in [2.24, 2.45) is 28.6 Å². The summed E-state index contributed by atoms with van der Waals surface area (Å²) in [6.45, 7) is 6.08. The number of ketones is 1. The molecule has 2 fully saturated rings. The Morgan fingerprint density at radius 1 is 1.00 bits per heavy atom. The van der Waals surface area contributed by atoms with Crippen molar-refractivity contribution in [1.29, 1.82) is 0 Å². The fourth-order valence-corrected chi connectivity index (χ4v) is 6.78. The van der Waals surface area contributed by atoms with Gasteiger partial charge in [-0.2, -0.15) is 0 Å². The SMILES string of the molecule is C[C@]12CCC3=C(OCCO3)C1=CC[C@@H]1[C@@H]2CC[C@]2(C)C(=O)CC[C@@H]12. The van der Waals surface area contributed by atoms with Crippen molar-refractivity contribution in [2.75, 3.05) is 13.2 Å². The fraction of sp³-hybridized carbons (Fsp3) is 0.762. The smallest absolute Gasteiger partial charge is 0.160 e. The van der Waals surface area contributed by atoms with E-state index in [1.807, 2.05) is 0 Å². The van der Waals surface area contributed by atoms with E-state index < -0.39 is 0 Å². The van der Waals surface area contributed by atoms with Crippen LogP contribution < -0.4 is 0 Å². The number of hydrogen-bond donors (Lipinski definition) is 0. The molecule has 0 unspecified atom stereocenters. The molecular weight excluding hydrogens is 300 g/mol. The Morgan fingerprint density at radius 3 is 2.67 bits per heavy atom. The van der Waals surface area contributed by atoms with Gasteiger partial charge in [-0.1, -0.05) is 19.9 Å². The third kappa shape index (κ3) is 1.76. The van der Waals surface area contributed by atoms with Crippen LogP contribution in [0, 0.1) is 28.6 Å². The molecule has 130 valence electrons. The van der Waals surface area contributed by atoms with Crippen molar-refractivity contribution in [3.8, 4) is 0 Å². The van der Waals surface area contributed by atoms with E-state index in [1.165, 1.54) is 18.4 Å². The first-order chi connectivity index (χ1) is 11.5. The number of carbonyl (C=O) groups excluding carboxylic acids is 1. The van der Waals surface area contributed by atoms with E-state index in [-0.39, 0.29) is 10.8 Å². The standard InChI is InChI=1S/C21H28O3/c1-20-10-8-17-19(24-12-11-23-17)16(20)4-3-13-14-5-6-18(22)21(14,2)9-7-15(13)20/h4,13-15H,3,5-12H2,1-2H3/t13-,14-,15-,20+,21-/m0/s1. The highest BCUT2D eigenvalue weighted by atomic mass is 16.6. The summed E-state index contributed by atoms with van der Waals surface area (Å²) in [5.41, 5.74) is 1.58. The van der Waals surface area contributed by atoms with E-state index >= 15 is 0 Å².